The lowest BCUT2D eigenvalue weighted by atomic mass is 10.0. The highest BCUT2D eigenvalue weighted by Crippen LogP contribution is 2.40. The minimum absolute atomic E-state index is 0.0306. The molecule has 3 aromatic carbocycles. The molecule has 0 saturated heterocycles. The summed E-state index contributed by atoms with van der Waals surface area (Å²) in [6.45, 7) is 0.741. The molecule has 1 unspecified atom stereocenters. The number of nitrogens with one attached hydrogen (secondary N) is 1. The van der Waals surface area contributed by atoms with Gasteiger partial charge in [0, 0.05) is 5.56 Å². The summed E-state index contributed by atoms with van der Waals surface area (Å²) in [5.41, 5.74) is 5.58. The average Bonchev–Trinajstić information content (AvgIpc) is 3.43. The average molecular weight is 459 g/mol. The number of para-hydroxylation sites is 2. The molecule has 0 radical (unpaired) electrons. The van der Waals surface area contributed by atoms with Crippen LogP contribution in [0.1, 0.15) is 21.7 Å². The molecule has 0 spiro atoms. The third kappa shape index (κ3) is 4.39. The molecule has 1 atom stereocenters. The summed E-state index contributed by atoms with van der Waals surface area (Å²) in [4.78, 5) is 13.3. The van der Waals surface area contributed by atoms with Crippen molar-refractivity contribution < 1.29 is 23.7 Å². The number of aromatic amines is 1. The van der Waals surface area contributed by atoms with E-state index in [2.05, 4.69) is 20.6 Å². The summed E-state index contributed by atoms with van der Waals surface area (Å²) in [6, 6.07) is 21.4. The van der Waals surface area contributed by atoms with Gasteiger partial charge in [0.05, 0.1) is 5.56 Å². The summed E-state index contributed by atoms with van der Waals surface area (Å²) in [6.07, 6.45) is 0. The highest BCUT2D eigenvalue weighted by atomic mass is 16.6. The van der Waals surface area contributed by atoms with Gasteiger partial charge in [-0.3, -0.25) is 10.5 Å². The zero-order valence-corrected chi connectivity index (χ0v) is 18.0. The third-order valence-corrected chi connectivity index (χ3v) is 5.15. The van der Waals surface area contributed by atoms with Gasteiger partial charge in [-0.2, -0.15) is 5.21 Å². The maximum absolute atomic E-state index is 13.3. The van der Waals surface area contributed by atoms with E-state index >= 15 is 0 Å². The lowest BCUT2D eigenvalue weighted by Crippen LogP contribution is -2.51. The lowest BCUT2D eigenvalue weighted by molar-refractivity contribution is -0.0154. The van der Waals surface area contributed by atoms with Gasteiger partial charge in [-0.15, -0.1) is 10.2 Å². The maximum atomic E-state index is 13.3. The van der Waals surface area contributed by atoms with Gasteiger partial charge in [0.15, 0.2) is 17.3 Å². The van der Waals surface area contributed by atoms with Crippen molar-refractivity contribution >= 4 is 5.78 Å². The molecule has 172 valence electrons. The molecule has 10 heteroatoms. The van der Waals surface area contributed by atoms with Gasteiger partial charge in [0.2, 0.25) is 5.82 Å². The van der Waals surface area contributed by atoms with Crippen LogP contribution in [0.25, 0.3) is 0 Å². The van der Waals surface area contributed by atoms with E-state index in [-0.39, 0.29) is 24.0 Å². The summed E-state index contributed by atoms with van der Waals surface area (Å²) in [5, 5.41) is 13.6. The van der Waals surface area contributed by atoms with E-state index in [1.165, 1.54) is 0 Å². The standard InChI is InChI=1S/C24H21N5O5/c25-24(23-26-28-29-27-23)15-33-20-8-4-7-19(22(20)34-24)21(30)16-9-11-18(12-10-16)32-14-13-31-17-5-2-1-3-6-17/h1-12H,13-15,25H2,(H,26,27,28,29). The van der Waals surface area contributed by atoms with Crippen molar-refractivity contribution in [1.29, 1.82) is 0 Å². The van der Waals surface area contributed by atoms with E-state index in [1.807, 2.05) is 30.3 Å². The first-order valence-corrected chi connectivity index (χ1v) is 10.6. The quantitative estimate of drug-likeness (QED) is 0.301. The number of carbonyl (C=O) groups is 1. The maximum Gasteiger partial charge on any atom is 0.257 e. The number of aromatic nitrogens is 4. The number of rotatable bonds is 8. The van der Waals surface area contributed by atoms with E-state index in [9.17, 15) is 4.79 Å². The van der Waals surface area contributed by atoms with Crippen molar-refractivity contribution in [2.24, 2.45) is 5.73 Å². The van der Waals surface area contributed by atoms with Crippen LogP contribution >= 0.6 is 0 Å². The van der Waals surface area contributed by atoms with Crippen LogP contribution in [0.3, 0.4) is 0 Å². The molecule has 5 rings (SSSR count). The van der Waals surface area contributed by atoms with Crippen molar-refractivity contribution in [1.82, 2.24) is 20.6 Å². The number of hydrogen-bond donors (Lipinski definition) is 2. The fourth-order valence-corrected chi connectivity index (χ4v) is 3.46. The van der Waals surface area contributed by atoms with Gasteiger partial charge in [0.25, 0.3) is 5.72 Å². The van der Waals surface area contributed by atoms with Gasteiger partial charge in [0.1, 0.15) is 31.3 Å². The van der Waals surface area contributed by atoms with Crippen LogP contribution in [-0.4, -0.2) is 46.2 Å². The van der Waals surface area contributed by atoms with Crippen LogP contribution in [0.2, 0.25) is 0 Å². The summed E-state index contributed by atoms with van der Waals surface area (Å²) >= 11 is 0. The Kier molecular flexibility index (Phi) is 5.79. The van der Waals surface area contributed by atoms with E-state index < -0.39 is 5.72 Å². The monoisotopic (exact) mass is 459 g/mol. The molecule has 0 saturated carbocycles. The van der Waals surface area contributed by atoms with Gasteiger partial charge in [-0.05, 0) is 53.7 Å². The molecule has 0 bridgehead atoms. The molecule has 1 aliphatic heterocycles. The Bertz CT molecular complexity index is 1260. The van der Waals surface area contributed by atoms with Crippen LogP contribution in [0, 0.1) is 0 Å². The molecule has 1 aliphatic rings. The van der Waals surface area contributed by atoms with E-state index in [1.54, 1.807) is 42.5 Å². The molecule has 3 N–H and O–H groups in total. The number of ether oxygens (including phenoxy) is 4. The second kappa shape index (κ2) is 9.20. The number of tetrazole rings is 1. The second-order valence-corrected chi connectivity index (χ2v) is 7.51. The van der Waals surface area contributed by atoms with Gasteiger partial charge < -0.3 is 18.9 Å². The van der Waals surface area contributed by atoms with Crippen LogP contribution in [-0.2, 0) is 5.72 Å². The minimum Gasteiger partial charge on any atom is -0.490 e. The van der Waals surface area contributed by atoms with E-state index in [0.29, 0.717) is 35.8 Å². The van der Waals surface area contributed by atoms with Gasteiger partial charge in [-0.1, -0.05) is 24.3 Å². The van der Waals surface area contributed by atoms with Crippen molar-refractivity contribution in [3.63, 3.8) is 0 Å². The predicted octanol–water partition coefficient (Wildman–Crippen LogP) is 2.47. The lowest BCUT2D eigenvalue weighted by Gasteiger charge is -2.33. The Morgan fingerprint density at radius 3 is 2.41 bits per heavy atom. The predicted molar refractivity (Wildman–Crippen MR) is 120 cm³/mol. The Morgan fingerprint density at radius 1 is 0.971 bits per heavy atom. The number of hydrogen-bond acceptors (Lipinski definition) is 9. The van der Waals surface area contributed by atoms with Crippen LogP contribution in [0.5, 0.6) is 23.0 Å². The summed E-state index contributed by atoms with van der Waals surface area (Å²) in [5.74, 6) is 1.92. The Morgan fingerprint density at radius 2 is 1.71 bits per heavy atom. The van der Waals surface area contributed by atoms with Crippen molar-refractivity contribution in [2.75, 3.05) is 19.8 Å². The highest BCUT2D eigenvalue weighted by Gasteiger charge is 2.41. The molecular formula is C24H21N5O5. The zero-order chi connectivity index (χ0) is 23.4. The molecule has 0 amide bonds. The fraction of sp³-hybridized carbons (Fsp3) is 0.167. The number of ketones is 1. The van der Waals surface area contributed by atoms with Crippen molar-refractivity contribution in [2.45, 2.75) is 5.72 Å². The highest BCUT2D eigenvalue weighted by molar-refractivity contribution is 6.11. The normalized spacial score (nSPS) is 16.6. The second-order valence-electron chi connectivity index (χ2n) is 7.51. The van der Waals surface area contributed by atoms with Crippen molar-refractivity contribution in [3.8, 4) is 23.0 Å². The summed E-state index contributed by atoms with van der Waals surface area (Å²) < 4.78 is 23.0. The molecule has 34 heavy (non-hydrogen) atoms. The number of H-pyrrole nitrogens is 1. The number of benzene rings is 3. The first-order chi connectivity index (χ1) is 16.6. The zero-order valence-electron chi connectivity index (χ0n) is 18.0. The first kappa shape index (κ1) is 21.4. The molecule has 4 aromatic rings. The largest absolute Gasteiger partial charge is 0.490 e. The number of nitrogens with zero attached hydrogens (tertiary/aromatic N) is 3. The minimum atomic E-state index is -1.48. The van der Waals surface area contributed by atoms with E-state index in [4.69, 9.17) is 24.7 Å². The Hall–Kier alpha value is -4.44. The van der Waals surface area contributed by atoms with Crippen molar-refractivity contribution in [3.05, 3.63) is 89.7 Å². The van der Waals surface area contributed by atoms with Gasteiger partial charge in [-0.25, -0.2) is 0 Å². The molecule has 1 aromatic heterocycles. The van der Waals surface area contributed by atoms with Crippen LogP contribution in [0.4, 0.5) is 0 Å². The van der Waals surface area contributed by atoms with Crippen LogP contribution in [0.15, 0.2) is 72.8 Å². The number of carbonyl (C=O) groups excluding carboxylic acids is 1. The number of nitrogens with two attached hydrogens (primary N) is 1. The third-order valence-electron chi connectivity index (χ3n) is 5.15. The SMILES string of the molecule is NC1(c2nn[nH]n2)COc2cccc(C(=O)c3ccc(OCCOc4ccccc4)cc3)c2O1. The van der Waals surface area contributed by atoms with Gasteiger partial charge >= 0.3 is 0 Å². The Balaban J connectivity index is 1.26. The molecule has 0 aliphatic carbocycles. The Labute approximate surface area is 194 Å². The first-order valence-electron chi connectivity index (χ1n) is 10.6. The molecular weight excluding hydrogens is 438 g/mol. The topological polar surface area (TPSA) is 134 Å². The summed E-state index contributed by atoms with van der Waals surface area (Å²) in [7, 11) is 0. The smallest absolute Gasteiger partial charge is 0.257 e. The van der Waals surface area contributed by atoms with Crippen LogP contribution < -0.4 is 24.7 Å². The molecule has 0 fully saturated rings. The number of fused-ring (bicyclic) bond motifs is 1. The molecule has 10 nitrogen and oxygen atoms in total. The fourth-order valence-electron chi connectivity index (χ4n) is 3.46. The van der Waals surface area contributed by atoms with E-state index in [0.717, 1.165) is 5.75 Å². The molecule has 2 heterocycles.